The zero-order valence-electron chi connectivity index (χ0n) is 7.02. The molecule has 0 saturated heterocycles. The lowest BCUT2D eigenvalue weighted by Crippen LogP contribution is -2.14. The first-order valence-corrected chi connectivity index (χ1v) is 5.50. The minimum Gasteiger partial charge on any atom is -0.372 e. The third-order valence-corrected chi connectivity index (χ3v) is 2.67. The standard InChI is InChI=1S/C6H6Cl2N2O3S/c1-5-9-2-3-10(5)14(11,12)13-4-6(7)8/h2-4H,1H3. The fourth-order valence-corrected chi connectivity index (χ4v) is 1.83. The van der Waals surface area contributed by atoms with Gasteiger partial charge in [-0.15, -0.1) is 0 Å². The van der Waals surface area contributed by atoms with Crippen molar-refractivity contribution >= 4 is 33.5 Å². The van der Waals surface area contributed by atoms with Gasteiger partial charge in [-0.05, 0) is 6.92 Å². The van der Waals surface area contributed by atoms with Crippen LogP contribution in [0.5, 0.6) is 0 Å². The van der Waals surface area contributed by atoms with Gasteiger partial charge in [0.05, 0.1) is 0 Å². The van der Waals surface area contributed by atoms with Gasteiger partial charge in [-0.1, -0.05) is 23.2 Å². The van der Waals surface area contributed by atoms with E-state index in [1.54, 1.807) is 0 Å². The SMILES string of the molecule is Cc1nccn1S(=O)(=O)OC=C(Cl)Cl. The molecule has 0 aliphatic rings. The van der Waals surface area contributed by atoms with E-state index in [2.05, 4.69) is 9.17 Å². The van der Waals surface area contributed by atoms with Gasteiger partial charge in [0.15, 0.2) is 0 Å². The summed E-state index contributed by atoms with van der Waals surface area (Å²) in [5, 5.41) is 0. The molecule has 0 radical (unpaired) electrons. The Morgan fingerprint density at radius 3 is 2.71 bits per heavy atom. The van der Waals surface area contributed by atoms with Crippen LogP contribution in [0.1, 0.15) is 5.82 Å². The maximum Gasteiger partial charge on any atom is 0.414 e. The highest BCUT2D eigenvalue weighted by Gasteiger charge is 2.15. The maximum absolute atomic E-state index is 11.4. The lowest BCUT2D eigenvalue weighted by atomic mass is 10.8. The van der Waals surface area contributed by atoms with Crippen molar-refractivity contribution in [2.45, 2.75) is 6.92 Å². The average Bonchev–Trinajstić information content (AvgIpc) is 2.48. The van der Waals surface area contributed by atoms with Gasteiger partial charge in [-0.2, -0.15) is 12.4 Å². The molecule has 0 fully saturated rings. The predicted molar refractivity (Wildman–Crippen MR) is 52.2 cm³/mol. The highest BCUT2D eigenvalue weighted by Crippen LogP contribution is 2.10. The van der Waals surface area contributed by atoms with Crippen molar-refractivity contribution in [1.29, 1.82) is 0 Å². The highest BCUT2D eigenvalue weighted by atomic mass is 35.5. The summed E-state index contributed by atoms with van der Waals surface area (Å²) in [6.45, 7) is 1.52. The van der Waals surface area contributed by atoms with Crippen molar-refractivity contribution in [2.24, 2.45) is 0 Å². The topological polar surface area (TPSA) is 61.2 Å². The highest BCUT2D eigenvalue weighted by molar-refractivity contribution is 7.85. The van der Waals surface area contributed by atoms with E-state index in [1.165, 1.54) is 19.3 Å². The van der Waals surface area contributed by atoms with Crippen LogP contribution in [0.15, 0.2) is 23.1 Å². The van der Waals surface area contributed by atoms with Crippen molar-refractivity contribution in [3.05, 3.63) is 29.0 Å². The van der Waals surface area contributed by atoms with Crippen LogP contribution in [-0.2, 0) is 14.5 Å². The molecular formula is C6H6Cl2N2O3S. The van der Waals surface area contributed by atoms with Gasteiger partial charge in [-0.25, -0.2) is 4.98 Å². The summed E-state index contributed by atoms with van der Waals surface area (Å²) in [5.74, 6) is 0.282. The summed E-state index contributed by atoms with van der Waals surface area (Å²) in [5.41, 5.74) is 0. The molecule has 0 unspecified atom stereocenters. The molecule has 78 valence electrons. The van der Waals surface area contributed by atoms with E-state index in [-0.39, 0.29) is 10.3 Å². The molecule has 8 heteroatoms. The fraction of sp³-hybridized carbons (Fsp3) is 0.167. The normalized spacial score (nSPS) is 11.1. The van der Waals surface area contributed by atoms with Gasteiger partial charge < -0.3 is 4.18 Å². The second kappa shape index (κ2) is 4.20. The number of aryl methyl sites for hydroxylation is 1. The number of imidazole rings is 1. The van der Waals surface area contributed by atoms with Crippen LogP contribution in [0.3, 0.4) is 0 Å². The van der Waals surface area contributed by atoms with E-state index in [0.29, 0.717) is 0 Å². The van der Waals surface area contributed by atoms with Crippen LogP contribution >= 0.6 is 23.2 Å². The lowest BCUT2D eigenvalue weighted by molar-refractivity contribution is 0.433. The summed E-state index contributed by atoms with van der Waals surface area (Å²) in [7, 11) is -3.93. The smallest absolute Gasteiger partial charge is 0.372 e. The zero-order valence-corrected chi connectivity index (χ0v) is 9.34. The Hall–Kier alpha value is -0.720. The van der Waals surface area contributed by atoms with Crippen LogP contribution in [-0.4, -0.2) is 17.4 Å². The van der Waals surface area contributed by atoms with Gasteiger partial charge in [-0.3, -0.25) is 0 Å². The Balaban J connectivity index is 2.99. The van der Waals surface area contributed by atoms with E-state index in [0.717, 1.165) is 10.2 Å². The van der Waals surface area contributed by atoms with E-state index < -0.39 is 10.3 Å². The first kappa shape index (κ1) is 11.4. The molecule has 0 amide bonds. The quantitative estimate of drug-likeness (QED) is 0.771. The van der Waals surface area contributed by atoms with Crippen LogP contribution in [0.25, 0.3) is 0 Å². The number of hydrogen-bond acceptors (Lipinski definition) is 4. The number of rotatable bonds is 3. The molecule has 0 aromatic carbocycles. The van der Waals surface area contributed by atoms with E-state index in [1.807, 2.05) is 0 Å². The fourth-order valence-electron chi connectivity index (χ4n) is 0.746. The molecule has 1 aromatic heterocycles. The van der Waals surface area contributed by atoms with Crippen molar-refractivity contribution in [3.63, 3.8) is 0 Å². The number of halogens is 2. The molecule has 0 saturated carbocycles. The molecule has 1 aromatic rings. The molecule has 5 nitrogen and oxygen atoms in total. The summed E-state index contributed by atoms with van der Waals surface area (Å²) in [6.07, 6.45) is 3.31. The first-order chi connectivity index (χ1) is 6.43. The molecule has 0 aliphatic heterocycles. The Morgan fingerprint density at radius 2 is 2.29 bits per heavy atom. The third-order valence-electron chi connectivity index (χ3n) is 1.28. The minimum atomic E-state index is -3.93. The third kappa shape index (κ3) is 2.63. The van der Waals surface area contributed by atoms with Gasteiger partial charge in [0.2, 0.25) is 0 Å². The van der Waals surface area contributed by atoms with Crippen molar-refractivity contribution in [2.75, 3.05) is 0 Å². The molecule has 0 aliphatic carbocycles. The Labute approximate surface area is 91.2 Å². The maximum atomic E-state index is 11.4. The molecule has 0 spiro atoms. The summed E-state index contributed by atoms with van der Waals surface area (Å²) in [6, 6.07) is 0. The van der Waals surface area contributed by atoms with Gasteiger partial charge >= 0.3 is 10.3 Å². The largest absolute Gasteiger partial charge is 0.414 e. The molecule has 1 heterocycles. The predicted octanol–water partition coefficient (Wildman–Crippen LogP) is 1.58. The monoisotopic (exact) mass is 256 g/mol. The van der Waals surface area contributed by atoms with Crippen LogP contribution in [0, 0.1) is 6.92 Å². The number of nitrogens with zero attached hydrogens (tertiary/aromatic N) is 2. The molecule has 1 rings (SSSR count). The van der Waals surface area contributed by atoms with E-state index >= 15 is 0 Å². The van der Waals surface area contributed by atoms with Crippen LogP contribution in [0.4, 0.5) is 0 Å². The van der Waals surface area contributed by atoms with E-state index in [9.17, 15) is 8.42 Å². The molecule has 0 N–H and O–H groups in total. The Morgan fingerprint density at radius 1 is 1.64 bits per heavy atom. The van der Waals surface area contributed by atoms with Gasteiger partial charge in [0, 0.05) is 12.4 Å². The lowest BCUT2D eigenvalue weighted by Gasteiger charge is -2.04. The average molecular weight is 257 g/mol. The van der Waals surface area contributed by atoms with Gasteiger partial charge in [0.25, 0.3) is 0 Å². The Kier molecular flexibility index (Phi) is 3.41. The molecular weight excluding hydrogens is 251 g/mol. The van der Waals surface area contributed by atoms with Crippen molar-refractivity contribution < 1.29 is 12.6 Å². The van der Waals surface area contributed by atoms with E-state index in [4.69, 9.17) is 23.2 Å². The molecule has 0 atom stereocenters. The van der Waals surface area contributed by atoms with Gasteiger partial charge in [0.1, 0.15) is 16.6 Å². The van der Waals surface area contributed by atoms with Crippen molar-refractivity contribution in [3.8, 4) is 0 Å². The second-order valence-electron chi connectivity index (χ2n) is 2.23. The number of aromatic nitrogens is 2. The second-order valence-corrected chi connectivity index (χ2v) is 4.68. The molecule has 0 bridgehead atoms. The minimum absolute atomic E-state index is 0.282. The summed E-state index contributed by atoms with van der Waals surface area (Å²) >= 11 is 10.4. The van der Waals surface area contributed by atoms with Crippen LogP contribution in [0.2, 0.25) is 0 Å². The summed E-state index contributed by atoms with van der Waals surface area (Å²) in [4.78, 5) is 3.73. The summed E-state index contributed by atoms with van der Waals surface area (Å²) < 4.78 is 27.7. The number of hydrogen-bond donors (Lipinski definition) is 0. The zero-order chi connectivity index (χ0) is 10.8. The Bertz CT molecular complexity index is 447. The first-order valence-electron chi connectivity index (χ1n) is 3.38. The van der Waals surface area contributed by atoms with Crippen LogP contribution < -0.4 is 0 Å². The molecule has 14 heavy (non-hydrogen) atoms. The van der Waals surface area contributed by atoms with Crippen molar-refractivity contribution in [1.82, 2.24) is 8.96 Å².